The summed E-state index contributed by atoms with van der Waals surface area (Å²) < 4.78 is 5.70. The van der Waals surface area contributed by atoms with Crippen LogP contribution in [0.25, 0.3) is 0 Å². The lowest BCUT2D eigenvalue weighted by Crippen LogP contribution is -2.41. The fourth-order valence-corrected chi connectivity index (χ4v) is 2.17. The number of ether oxygens (including phenoxy) is 1. The van der Waals surface area contributed by atoms with Gasteiger partial charge >= 0.3 is 0 Å². The summed E-state index contributed by atoms with van der Waals surface area (Å²) in [5.41, 5.74) is 0. The maximum absolute atomic E-state index is 12.0. The average molecular weight is 279 g/mol. The van der Waals surface area contributed by atoms with Crippen LogP contribution in [0.3, 0.4) is 0 Å². The van der Waals surface area contributed by atoms with E-state index in [9.17, 15) is 4.79 Å². The number of carbonyl (C=O) groups excluding carboxylic acids is 1. The van der Waals surface area contributed by atoms with Gasteiger partial charge < -0.3 is 15.0 Å². The normalized spacial score (nSPS) is 19.1. The summed E-state index contributed by atoms with van der Waals surface area (Å²) in [5.74, 6) is 0.246. The summed E-state index contributed by atoms with van der Waals surface area (Å²) in [6.07, 6.45) is 5.35. The monoisotopic (exact) mass is 278 g/mol. The summed E-state index contributed by atoms with van der Waals surface area (Å²) in [4.78, 5) is 14.0. The van der Waals surface area contributed by atoms with Crippen LogP contribution in [0.15, 0.2) is 0 Å². The summed E-state index contributed by atoms with van der Waals surface area (Å²) in [6.45, 7) is 5.35. The quantitative estimate of drug-likeness (QED) is 0.772. The molecule has 0 aromatic rings. The molecule has 0 aromatic heterocycles. The van der Waals surface area contributed by atoms with Crippen LogP contribution in [0.2, 0.25) is 0 Å². The van der Waals surface area contributed by atoms with Crippen LogP contribution >= 0.6 is 12.4 Å². The van der Waals surface area contributed by atoms with E-state index < -0.39 is 0 Å². The number of nitrogens with one attached hydrogen (secondary N) is 1. The standard InChI is InChI=1S/C13H26N2O2.ClH/c1-3-9-15(13(16)7-8-14-2)11-12-6-4-5-10-17-12;/h12,14H,3-11H2,1-2H3;1H. The molecule has 1 rings (SSSR count). The predicted molar refractivity (Wildman–Crippen MR) is 76.3 cm³/mol. The highest BCUT2D eigenvalue weighted by Gasteiger charge is 2.20. The molecule has 0 spiro atoms. The molecule has 1 unspecified atom stereocenters. The van der Waals surface area contributed by atoms with Crippen LogP contribution in [-0.4, -0.2) is 50.2 Å². The van der Waals surface area contributed by atoms with Crippen molar-refractivity contribution in [2.24, 2.45) is 0 Å². The molecule has 1 fully saturated rings. The van der Waals surface area contributed by atoms with Gasteiger partial charge in [-0.05, 0) is 32.7 Å². The van der Waals surface area contributed by atoms with Crippen LogP contribution in [0.4, 0.5) is 0 Å². The Morgan fingerprint density at radius 1 is 1.44 bits per heavy atom. The Labute approximate surface area is 117 Å². The van der Waals surface area contributed by atoms with Gasteiger partial charge in [0, 0.05) is 32.7 Å². The molecule has 0 saturated carbocycles. The Bertz CT molecular complexity index is 221. The molecule has 108 valence electrons. The first-order valence-electron chi connectivity index (χ1n) is 6.82. The minimum atomic E-state index is 0. The molecular weight excluding hydrogens is 252 g/mol. The number of nitrogens with zero attached hydrogens (tertiary/aromatic N) is 1. The van der Waals surface area contributed by atoms with Gasteiger partial charge in [0.1, 0.15) is 0 Å². The molecule has 1 amide bonds. The van der Waals surface area contributed by atoms with Crippen LogP contribution in [0.5, 0.6) is 0 Å². The number of hydrogen-bond acceptors (Lipinski definition) is 3. The smallest absolute Gasteiger partial charge is 0.223 e. The molecule has 1 heterocycles. The van der Waals surface area contributed by atoms with E-state index in [2.05, 4.69) is 12.2 Å². The van der Waals surface area contributed by atoms with Crippen molar-refractivity contribution in [2.75, 3.05) is 33.3 Å². The van der Waals surface area contributed by atoms with Crippen molar-refractivity contribution in [3.63, 3.8) is 0 Å². The minimum Gasteiger partial charge on any atom is -0.376 e. The summed E-state index contributed by atoms with van der Waals surface area (Å²) >= 11 is 0. The van der Waals surface area contributed by atoms with E-state index in [4.69, 9.17) is 4.74 Å². The van der Waals surface area contributed by atoms with Crippen molar-refractivity contribution < 1.29 is 9.53 Å². The van der Waals surface area contributed by atoms with E-state index in [0.29, 0.717) is 6.42 Å². The number of halogens is 1. The SMILES string of the molecule is CCCN(CC1CCCCO1)C(=O)CCNC.Cl. The van der Waals surface area contributed by atoms with Crippen molar-refractivity contribution >= 4 is 18.3 Å². The molecule has 1 aliphatic rings. The third kappa shape index (κ3) is 6.57. The highest BCUT2D eigenvalue weighted by Crippen LogP contribution is 2.14. The number of rotatable bonds is 7. The first-order valence-corrected chi connectivity index (χ1v) is 6.82. The highest BCUT2D eigenvalue weighted by atomic mass is 35.5. The van der Waals surface area contributed by atoms with E-state index in [-0.39, 0.29) is 24.4 Å². The van der Waals surface area contributed by atoms with E-state index in [0.717, 1.165) is 45.5 Å². The summed E-state index contributed by atoms with van der Waals surface area (Å²) in [6, 6.07) is 0. The van der Waals surface area contributed by atoms with E-state index in [1.54, 1.807) is 0 Å². The van der Waals surface area contributed by atoms with Gasteiger partial charge in [0.2, 0.25) is 5.91 Å². The second-order valence-electron chi connectivity index (χ2n) is 4.68. The molecule has 1 saturated heterocycles. The molecule has 4 nitrogen and oxygen atoms in total. The fraction of sp³-hybridized carbons (Fsp3) is 0.923. The zero-order valence-electron chi connectivity index (χ0n) is 11.6. The lowest BCUT2D eigenvalue weighted by molar-refractivity contribution is -0.133. The van der Waals surface area contributed by atoms with Crippen LogP contribution in [-0.2, 0) is 9.53 Å². The zero-order valence-corrected chi connectivity index (χ0v) is 12.4. The number of carbonyl (C=O) groups is 1. The van der Waals surface area contributed by atoms with Crippen LogP contribution in [0, 0.1) is 0 Å². The second-order valence-corrected chi connectivity index (χ2v) is 4.68. The van der Waals surface area contributed by atoms with Gasteiger partial charge in [0.25, 0.3) is 0 Å². The molecule has 0 aromatic carbocycles. The molecule has 5 heteroatoms. The molecule has 1 atom stereocenters. The molecule has 18 heavy (non-hydrogen) atoms. The predicted octanol–water partition coefficient (Wildman–Crippen LogP) is 1.83. The summed E-state index contributed by atoms with van der Waals surface area (Å²) in [5, 5.41) is 3.02. The van der Waals surface area contributed by atoms with Crippen molar-refractivity contribution in [3.8, 4) is 0 Å². The van der Waals surface area contributed by atoms with Gasteiger partial charge in [-0.2, -0.15) is 0 Å². The van der Waals surface area contributed by atoms with E-state index >= 15 is 0 Å². The maximum Gasteiger partial charge on any atom is 0.223 e. The first kappa shape index (κ1) is 17.7. The van der Waals surface area contributed by atoms with Crippen LogP contribution in [0.1, 0.15) is 39.0 Å². The van der Waals surface area contributed by atoms with Crippen molar-refractivity contribution in [3.05, 3.63) is 0 Å². The Morgan fingerprint density at radius 3 is 2.78 bits per heavy atom. The Morgan fingerprint density at radius 2 is 2.22 bits per heavy atom. The van der Waals surface area contributed by atoms with Crippen molar-refractivity contribution in [1.29, 1.82) is 0 Å². The Kier molecular flexibility index (Phi) is 10.4. The van der Waals surface area contributed by atoms with Gasteiger partial charge in [-0.25, -0.2) is 0 Å². The summed E-state index contributed by atoms with van der Waals surface area (Å²) in [7, 11) is 1.88. The molecule has 0 bridgehead atoms. The lowest BCUT2D eigenvalue weighted by atomic mass is 10.1. The highest BCUT2D eigenvalue weighted by molar-refractivity contribution is 5.85. The third-order valence-electron chi connectivity index (χ3n) is 3.13. The van der Waals surface area contributed by atoms with Crippen molar-refractivity contribution in [1.82, 2.24) is 10.2 Å². The molecule has 0 aliphatic carbocycles. The second kappa shape index (κ2) is 10.6. The molecule has 0 radical (unpaired) electrons. The first-order chi connectivity index (χ1) is 8.27. The van der Waals surface area contributed by atoms with Gasteiger partial charge in [0.15, 0.2) is 0 Å². The lowest BCUT2D eigenvalue weighted by Gasteiger charge is -2.30. The van der Waals surface area contributed by atoms with E-state index in [1.165, 1.54) is 6.42 Å². The number of hydrogen-bond donors (Lipinski definition) is 1. The fourth-order valence-electron chi connectivity index (χ4n) is 2.17. The Hall–Kier alpha value is -0.320. The maximum atomic E-state index is 12.0. The van der Waals surface area contributed by atoms with E-state index in [1.807, 2.05) is 11.9 Å². The van der Waals surface area contributed by atoms with Crippen LogP contribution < -0.4 is 5.32 Å². The van der Waals surface area contributed by atoms with Gasteiger partial charge in [-0.3, -0.25) is 4.79 Å². The Balaban J connectivity index is 0.00000289. The topological polar surface area (TPSA) is 41.6 Å². The molecular formula is C13H27ClN2O2. The molecule has 1 aliphatic heterocycles. The average Bonchev–Trinajstić information content (AvgIpc) is 2.36. The third-order valence-corrected chi connectivity index (χ3v) is 3.13. The zero-order chi connectivity index (χ0) is 12.5. The number of amides is 1. The van der Waals surface area contributed by atoms with Gasteiger partial charge in [-0.15, -0.1) is 12.4 Å². The van der Waals surface area contributed by atoms with Gasteiger partial charge in [-0.1, -0.05) is 6.92 Å². The minimum absolute atomic E-state index is 0. The van der Waals surface area contributed by atoms with Gasteiger partial charge in [0.05, 0.1) is 6.10 Å². The largest absolute Gasteiger partial charge is 0.376 e. The molecule has 1 N–H and O–H groups in total. The van der Waals surface area contributed by atoms with Crippen molar-refractivity contribution in [2.45, 2.75) is 45.1 Å².